The molecular formula is C11H18O4. The van der Waals surface area contributed by atoms with Gasteiger partial charge in [0.1, 0.15) is 6.10 Å². The van der Waals surface area contributed by atoms with Gasteiger partial charge in [0, 0.05) is 0 Å². The van der Waals surface area contributed by atoms with Gasteiger partial charge in [0.05, 0.1) is 12.8 Å². The van der Waals surface area contributed by atoms with Crippen LogP contribution in [0.3, 0.4) is 0 Å². The third-order valence-electron chi connectivity index (χ3n) is 2.87. The molecular weight excluding hydrogens is 196 g/mol. The van der Waals surface area contributed by atoms with Crippen LogP contribution in [-0.2, 0) is 14.3 Å². The molecule has 1 aliphatic heterocycles. The number of carbonyl (C=O) groups is 2. The van der Waals surface area contributed by atoms with Crippen LogP contribution in [-0.4, -0.2) is 23.1 Å². The second kappa shape index (κ2) is 4.21. The maximum absolute atomic E-state index is 11.4. The molecule has 1 heterocycles. The normalized spacial score (nSPS) is 31.5. The van der Waals surface area contributed by atoms with Crippen LogP contribution < -0.4 is 0 Å². The topological polar surface area (TPSA) is 63.6 Å². The van der Waals surface area contributed by atoms with Gasteiger partial charge in [-0.3, -0.25) is 9.59 Å². The molecule has 1 N–H and O–H groups in total. The quantitative estimate of drug-likeness (QED) is 0.728. The minimum absolute atomic E-state index is 0.0331. The fourth-order valence-corrected chi connectivity index (χ4v) is 2.03. The van der Waals surface area contributed by atoms with E-state index in [1.807, 2.05) is 20.8 Å². The highest BCUT2D eigenvalue weighted by molar-refractivity contribution is 5.74. The van der Waals surface area contributed by atoms with Crippen molar-refractivity contribution >= 4 is 11.9 Å². The highest BCUT2D eigenvalue weighted by Crippen LogP contribution is 2.38. The summed E-state index contributed by atoms with van der Waals surface area (Å²) in [5.74, 6) is -0.888. The Morgan fingerprint density at radius 3 is 2.73 bits per heavy atom. The number of aliphatic carboxylic acids is 1. The van der Waals surface area contributed by atoms with Crippen molar-refractivity contribution in [1.29, 1.82) is 0 Å². The summed E-state index contributed by atoms with van der Waals surface area (Å²) in [6.45, 7) is 5.80. The van der Waals surface area contributed by atoms with Crippen molar-refractivity contribution in [3.05, 3.63) is 0 Å². The zero-order chi connectivity index (χ0) is 11.6. The van der Waals surface area contributed by atoms with E-state index in [2.05, 4.69) is 0 Å². The molecule has 0 saturated carbocycles. The molecule has 2 unspecified atom stereocenters. The highest BCUT2D eigenvalue weighted by Gasteiger charge is 2.40. The fourth-order valence-electron chi connectivity index (χ4n) is 2.03. The first-order valence-electron chi connectivity index (χ1n) is 5.24. The van der Waals surface area contributed by atoms with Gasteiger partial charge in [-0.25, -0.2) is 0 Å². The van der Waals surface area contributed by atoms with E-state index in [0.29, 0.717) is 6.42 Å². The standard InChI is InChI=1S/C11H18O4/c1-7(2)8-4-11(3,5-9(12)13)6-10(14)15-8/h7-8H,4-6H2,1-3H3,(H,12,13). The fraction of sp³-hybridized carbons (Fsp3) is 0.818. The average molecular weight is 214 g/mol. The maximum atomic E-state index is 11.4. The van der Waals surface area contributed by atoms with Gasteiger partial charge in [0.15, 0.2) is 0 Å². The van der Waals surface area contributed by atoms with Gasteiger partial charge in [-0.1, -0.05) is 20.8 Å². The molecule has 86 valence electrons. The lowest BCUT2D eigenvalue weighted by Crippen LogP contribution is -2.40. The lowest BCUT2D eigenvalue weighted by atomic mass is 9.75. The predicted octanol–water partition coefficient (Wildman–Crippen LogP) is 1.83. The number of carbonyl (C=O) groups excluding carboxylic acids is 1. The van der Waals surface area contributed by atoms with E-state index in [-0.39, 0.29) is 30.8 Å². The lowest BCUT2D eigenvalue weighted by Gasteiger charge is -2.37. The summed E-state index contributed by atoms with van der Waals surface area (Å²) in [6, 6.07) is 0. The average Bonchev–Trinajstić information content (AvgIpc) is 1.98. The van der Waals surface area contributed by atoms with Gasteiger partial charge in [0.25, 0.3) is 0 Å². The molecule has 0 amide bonds. The molecule has 15 heavy (non-hydrogen) atoms. The first kappa shape index (κ1) is 12.0. The van der Waals surface area contributed by atoms with Crippen molar-refractivity contribution in [2.45, 2.75) is 46.1 Å². The van der Waals surface area contributed by atoms with Crippen molar-refractivity contribution in [2.75, 3.05) is 0 Å². The number of hydrogen-bond acceptors (Lipinski definition) is 3. The third-order valence-corrected chi connectivity index (χ3v) is 2.87. The molecule has 1 saturated heterocycles. The molecule has 0 aromatic carbocycles. The number of carboxylic acids is 1. The summed E-state index contributed by atoms with van der Waals surface area (Å²) in [6.07, 6.45) is 0.742. The lowest BCUT2D eigenvalue weighted by molar-refractivity contribution is -0.166. The van der Waals surface area contributed by atoms with Crippen LogP contribution in [0.4, 0.5) is 0 Å². The molecule has 1 rings (SSSR count). The minimum atomic E-state index is -0.852. The summed E-state index contributed by atoms with van der Waals surface area (Å²) < 4.78 is 5.19. The smallest absolute Gasteiger partial charge is 0.306 e. The second-order valence-electron chi connectivity index (χ2n) is 5.03. The van der Waals surface area contributed by atoms with Crippen LogP contribution in [0.25, 0.3) is 0 Å². The highest BCUT2D eigenvalue weighted by atomic mass is 16.5. The van der Waals surface area contributed by atoms with Crippen molar-refractivity contribution in [3.8, 4) is 0 Å². The number of rotatable bonds is 3. The molecule has 0 aromatic rings. The first-order chi connectivity index (χ1) is 6.82. The molecule has 0 radical (unpaired) electrons. The second-order valence-corrected chi connectivity index (χ2v) is 5.03. The Balaban J connectivity index is 2.73. The molecule has 0 spiro atoms. The Bertz CT molecular complexity index is 268. The van der Waals surface area contributed by atoms with E-state index in [9.17, 15) is 9.59 Å². The molecule has 0 bridgehead atoms. The molecule has 2 atom stereocenters. The van der Waals surface area contributed by atoms with Gasteiger partial charge in [0.2, 0.25) is 0 Å². The minimum Gasteiger partial charge on any atom is -0.481 e. The molecule has 4 nitrogen and oxygen atoms in total. The SMILES string of the molecule is CC(C)C1CC(C)(CC(=O)O)CC(=O)O1. The number of ether oxygens (including phenoxy) is 1. The van der Waals surface area contributed by atoms with Gasteiger partial charge < -0.3 is 9.84 Å². The van der Waals surface area contributed by atoms with E-state index in [0.717, 1.165) is 0 Å². The molecule has 1 fully saturated rings. The first-order valence-corrected chi connectivity index (χ1v) is 5.24. The Labute approximate surface area is 89.6 Å². The zero-order valence-corrected chi connectivity index (χ0v) is 9.45. The maximum Gasteiger partial charge on any atom is 0.306 e. The molecule has 1 aliphatic rings. The van der Waals surface area contributed by atoms with E-state index < -0.39 is 11.4 Å². The zero-order valence-electron chi connectivity index (χ0n) is 9.45. The number of esters is 1. The van der Waals surface area contributed by atoms with Gasteiger partial charge in [-0.15, -0.1) is 0 Å². The van der Waals surface area contributed by atoms with Crippen LogP contribution >= 0.6 is 0 Å². The van der Waals surface area contributed by atoms with Crippen LogP contribution in [0.5, 0.6) is 0 Å². The van der Waals surface area contributed by atoms with Crippen LogP contribution in [0.2, 0.25) is 0 Å². The number of cyclic esters (lactones) is 1. The summed E-state index contributed by atoms with van der Waals surface area (Å²) in [5.41, 5.74) is -0.448. The summed E-state index contributed by atoms with van der Waals surface area (Å²) in [5, 5.41) is 8.79. The van der Waals surface area contributed by atoms with E-state index >= 15 is 0 Å². The third kappa shape index (κ3) is 3.22. The van der Waals surface area contributed by atoms with E-state index in [1.165, 1.54) is 0 Å². The van der Waals surface area contributed by atoms with E-state index in [1.54, 1.807) is 0 Å². The summed E-state index contributed by atoms with van der Waals surface area (Å²) in [7, 11) is 0. The molecule has 0 aromatic heterocycles. The predicted molar refractivity (Wildman–Crippen MR) is 54.3 cm³/mol. The Hall–Kier alpha value is -1.06. The Morgan fingerprint density at radius 1 is 1.67 bits per heavy atom. The van der Waals surface area contributed by atoms with Gasteiger partial charge in [-0.2, -0.15) is 0 Å². The summed E-state index contributed by atoms with van der Waals surface area (Å²) >= 11 is 0. The number of carboxylic acid groups (broad SMARTS) is 1. The van der Waals surface area contributed by atoms with Crippen LogP contribution in [0, 0.1) is 11.3 Å². The molecule has 0 aliphatic carbocycles. The van der Waals surface area contributed by atoms with E-state index in [4.69, 9.17) is 9.84 Å². The van der Waals surface area contributed by atoms with Crippen LogP contribution in [0.1, 0.15) is 40.0 Å². The molecule has 4 heteroatoms. The van der Waals surface area contributed by atoms with Crippen molar-refractivity contribution in [1.82, 2.24) is 0 Å². The van der Waals surface area contributed by atoms with Crippen LogP contribution in [0.15, 0.2) is 0 Å². The van der Waals surface area contributed by atoms with Gasteiger partial charge in [-0.05, 0) is 17.8 Å². The van der Waals surface area contributed by atoms with Gasteiger partial charge >= 0.3 is 11.9 Å². The van der Waals surface area contributed by atoms with Crippen molar-refractivity contribution < 1.29 is 19.4 Å². The number of hydrogen-bond donors (Lipinski definition) is 1. The monoisotopic (exact) mass is 214 g/mol. The Kier molecular flexibility index (Phi) is 3.37. The Morgan fingerprint density at radius 2 is 2.27 bits per heavy atom. The van der Waals surface area contributed by atoms with Crippen molar-refractivity contribution in [3.63, 3.8) is 0 Å². The summed E-state index contributed by atoms with van der Waals surface area (Å²) in [4.78, 5) is 22.1. The largest absolute Gasteiger partial charge is 0.481 e. The van der Waals surface area contributed by atoms with Crippen molar-refractivity contribution in [2.24, 2.45) is 11.3 Å².